The van der Waals surface area contributed by atoms with Crippen LogP contribution in [0.4, 0.5) is 9.39 Å². The van der Waals surface area contributed by atoms with Crippen LogP contribution in [0.5, 0.6) is 0 Å². The van der Waals surface area contributed by atoms with Gasteiger partial charge in [0.05, 0.1) is 18.8 Å². The second kappa shape index (κ2) is 8.99. The maximum atomic E-state index is 13.7. The van der Waals surface area contributed by atoms with Gasteiger partial charge < -0.3 is 15.0 Å². The molecular formula is C24H23FN2O3S. The van der Waals surface area contributed by atoms with E-state index in [2.05, 4.69) is 5.32 Å². The van der Waals surface area contributed by atoms with Crippen molar-refractivity contribution < 1.29 is 18.7 Å². The number of hydrogen-bond acceptors (Lipinski definition) is 4. The highest BCUT2D eigenvalue weighted by atomic mass is 32.1. The van der Waals surface area contributed by atoms with Crippen LogP contribution in [0, 0.1) is 19.7 Å². The third kappa shape index (κ3) is 4.38. The monoisotopic (exact) mass is 438 g/mol. The Bertz CT molecular complexity index is 1120. The standard InChI is InChI=1S/C24H23FN2O3S/c1-15-8-9-18(25)14-19(15)22(28)26-23-20(24(29)27-10-12-30-13-11-27)16(2)21(31-23)17-6-4-3-5-7-17/h3-9,14H,10-13H2,1-2H3,(H,26,28). The number of hydrogen-bond donors (Lipinski definition) is 1. The molecule has 4 rings (SSSR count). The summed E-state index contributed by atoms with van der Waals surface area (Å²) < 4.78 is 19.1. The van der Waals surface area contributed by atoms with E-state index in [9.17, 15) is 14.0 Å². The Kier molecular flexibility index (Phi) is 6.15. The molecule has 5 nitrogen and oxygen atoms in total. The van der Waals surface area contributed by atoms with Gasteiger partial charge in [0.2, 0.25) is 0 Å². The summed E-state index contributed by atoms with van der Waals surface area (Å²) in [5.41, 5.74) is 3.18. The van der Waals surface area contributed by atoms with Crippen molar-refractivity contribution in [1.82, 2.24) is 4.90 Å². The zero-order valence-electron chi connectivity index (χ0n) is 17.4. The molecule has 0 aliphatic carbocycles. The zero-order valence-corrected chi connectivity index (χ0v) is 18.2. The molecule has 0 saturated carbocycles. The van der Waals surface area contributed by atoms with Gasteiger partial charge in [-0.3, -0.25) is 9.59 Å². The van der Waals surface area contributed by atoms with Gasteiger partial charge in [0.1, 0.15) is 10.8 Å². The van der Waals surface area contributed by atoms with Crippen LogP contribution in [-0.2, 0) is 4.74 Å². The fourth-order valence-corrected chi connectivity index (χ4v) is 4.86. The summed E-state index contributed by atoms with van der Waals surface area (Å²) in [4.78, 5) is 29.0. The lowest BCUT2D eigenvalue weighted by Crippen LogP contribution is -2.41. The number of nitrogens with zero attached hydrogens (tertiary/aromatic N) is 1. The molecule has 0 atom stereocenters. The van der Waals surface area contributed by atoms with Crippen LogP contribution >= 0.6 is 11.3 Å². The van der Waals surface area contributed by atoms with Gasteiger partial charge in [-0.25, -0.2) is 4.39 Å². The van der Waals surface area contributed by atoms with Gasteiger partial charge in [0, 0.05) is 23.5 Å². The summed E-state index contributed by atoms with van der Waals surface area (Å²) in [7, 11) is 0. The van der Waals surface area contributed by atoms with Gasteiger partial charge in [0.25, 0.3) is 11.8 Å². The van der Waals surface area contributed by atoms with Crippen molar-refractivity contribution in [2.45, 2.75) is 13.8 Å². The number of amides is 2. The Morgan fingerprint density at radius 2 is 1.77 bits per heavy atom. The summed E-state index contributed by atoms with van der Waals surface area (Å²) in [5.74, 6) is -1.05. The summed E-state index contributed by atoms with van der Waals surface area (Å²) in [6.45, 7) is 5.64. The van der Waals surface area contributed by atoms with E-state index in [0.717, 1.165) is 16.0 Å². The largest absolute Gasteiger partial charge is 0.378 e. The van der Waals surface area contributed by atoms with Crippen molar-refractivity contribution in [3.05, 3.63) is 76.6 Å². The molecule has 0 bridgehead atoms. The first-order chi connectivity index (χ1) is 15.0. The quantitative estimate of drug-likeness (QED) is 0.631. The minimum absolute atomic E-state index is 0.134. The average Bonchev–Trinajstić information content (AvgIpc) is 3.11. The number of ether oxygens (including phenoxy) is 1. The molecule has 3 aromatic rings. The zero-order chi connectivity index (χ0) is 22.0. The van der Waals surface area contributed by atoms with E-state index >= 15 is 0 Å². The third-order valence-corrected chi connectivity index (χ3v) is 6.62. The topological polar surface area (TPSA) is 58.6 Å². The van der Waals surface area contributed by atoms with Crippen LogP contribution < -0.4 is 5.32 Å². The van der Waals surface area contributed by atoms with Gasteiger partial charge in [-0.05, 0) is 42.7 Å². The lowest BCUT2D eigenvalue weighted by atomic mass is 10.0. The molecule has 1 aliphatic rings. The average molecular weight is 439 g/mol. The van der Waals surface area contributed by atoms with Crippen molar-refractivity contribution >= 4 is 28.2 Å². The van der Waals surface area contributed by atoms with E-state index in [1.807, 2.05) is 37.3 Å². The van der Waals surface area contributed by atoms with E-state index in [4.69, 9.17) is 4.74 Å². The first kappa shape index (κ1) is 21.2. The molecule has 1 aromatic heterocycles. The first-order valence-electron chi connectivity index (χ1n) is 10.1. The molecule has 31 heavy (non-hydrogen) atoms. The minimum atomic E-state index is -0.479. The molecule has 160 valence electrons. The van der Waals surface area contributed by atoms with Gasteiger partial charge in [-0.1, -0.05) is 36.4 Å². The van der Waals surface area contributed by atoms with Crippen LogP contribution in [0.15, 0.2) is 48.5 Å². The van der Waals surface area contributed by atoms with Gasteiger partial charge in [-0.15, -0.1) is 11.3 Å². The van der Waals surface area contributed by atoms with E-state index in [0.29, 0.717) is 42.4 Å². The van der Waals surface area contributed by atoms with Crippen LogP contribution in [0.25, 0.3) is 10.4 Å². The van der Waals surface area contributed by atoms with E-state index < -0.39 is 11.7 Å². The lowest BCUT2D eigenvalue weighted by molar-refractivity contribution is 0.0303. The van der Waals surface area contributed by atoms with E-state index in [-0.39, 0.29) is 11.5 Å². The van der Waals surface area contributed by atoms with Crippen molar-refractivity contribution in [2.75, 3.05) is 31.6 Å². The van der Waals surface area contributed by atoms with Crippen LogP contribution in [0.3, 0.4) is 0 Å². The number of benzene rings is 2. The SMILES string of the molecule is Cc1ccc(F)cc1C(=O)Nc1sc(-c2ccccc2)c(C)c1C(=O)N1CCOCC1. The Morgan fingerprint density at radius 1 is 1.06 bits per heavy atom. The number of aryl methyl sites for hydroxylation is 1. The van der Waals surface area contributed by atoms with Gasteiger partial charge in [0.15, 0.2) is 0 Å². The van der Waals surface area contributed by atoms with Crippen LogP contribution in [0.2, 0.25) is 0 Å². The van der Waals surface area contributed by atoms with Crippen LogP contribution in [0.1, 0.15) is 31.8 Å². The predicted octanol–water partition coefficient (Wildman–Crippen LogP) is 4.90. The molecule has 1 fully saturated rings. The summed E-state index contributed by atoms with van der Waals surface area (Å²) in [5, 5.41) is 3.35. The smallest absolute Gasteiger partial charge is 0.257 e. The maximum Gasteiger partial charge on any atom is 0.257 e. The summed E-state index contributed by atoms with van der Waals surface area (Å²) in [6, 6.07) is 13.9. The fraction of sp³-hybridized carbons (Fsp3) is 0.250. The number of thiophene rings is 1. The lowest BCUT2D eigenvalue weighted by Gasteiger charge is -2.27. The summed E-state index contributed by atoms with van der Waals surface area (Å²) in [6.07, 6.45) is 0. The Hall–Kier alpha value is -3.03. The number of carbonyl (C=O) groups is 2. The highest BCUT2D eigenvalue weighted by Crippen LogP contribution is 2.40. The summed E-state index contributed by atoms with van der Waals surface area (Å²) >= 11 is 1.36. The van der Waals surface area contributed by atoms with Crippen molar-refractivity contribution in [1.29, 1.82) is 0 Å². The normalized spacial score (nSPS) is 13.8. The maximum absolute atomic E-state index is 13.7. The van der Waals surface area contributed by atoms with E-state index in [1.165, 1.54) is 23.5 Å². The second-order valence-corrected chi connectivity index (χ2v) is 8.46. The molecule has 7 heteroatoms. The molecule has 1 saturated heterocycles. The van der Waals surface area contributed by atoms with Gasteiger partial charge >= 0.3 is 0 Å². The molecule has 2 heterocycles. The number of rotatable bonds is 4. The minimum Gasteiger partial charge on any atom is -0.378 e. The first-order valence-corrected chi connectivity index (χ1v) is 10.9. The number of halogens is 1. The molecule has 1 aliphatic heterocycles. The van der Waals surface area contributed by atoms with E-state index in [1.54, 1.807) is 17.9 Å². The molecular weight excluding hydrogens is 415 g/mol. The number of nitrogens with one attached hydrogen (secondary N) is 1. The molecule has 0 spiro atoms. The molecule has 1 N–H and O–H groups in total. The predicted molar refractivity (Wildman–Crippen MR) is 120 cm³/mol. The molecule has 0 unspecified atom stereocenters. The number of morpholine rings is 1. The molecule has 2 amide bonds. The second-order valence-electron chi connectivity index (χ2n) is 7.44. The van der Waals surface area contributed by atoms with Crippen molar-refractivity contribution in [3.63, 3.8) is 0 Å². The molecule has 2 aromatic carbocycles. The fourth-order valence-electron chi connectivity index (χ4n) is 3.66. The van der Waals surface area contributed by atoms with Crippen molar-refractivity contribution in [3.8, 4) is 10.4 Å². The Labute approximate surface area is 184 Å². The number of carbonyl (C=O) groups excluding carboxylic acids is 2. The highest BCUT2D eigenvalue weighted by Gasteiger charge is 2.28. The van der Waals surface area contributed by atoms with Gasteiger partial charge in [-0.2, -0.15) is 0 Å². The Balaban J connectivity index is 1.75. The van der Waals surface area contributed by atoms with Crippen molar-refractivity contribution in [2.24, 2.45) is 0 Å². The number of anilines is 1. The molecule has 0 radical (unpaired) electrons. The third-order valence-electron chi connectivity index (χ3n) is 5.37. The van der Waals surface area contributed by atoms with Crippen LogP contribution in [-0.4, -0.2) is 43.0 Å². The highest BCUT2D eigenvalue weighted by molar-refractivity contribution is 7.20. The Morgan fingerprint density at radius 3 is 2.48 bits per heavy atom.